The Balaban J connectivity index is 1.54. The lowest BCUT2D eigenvalue weighted by Gasteiger charge is -2.37. The van der Waals surface area contributed by atoms with Gasteiger partial charge in [0.1, 0.15) is 0 Å². The van der Waals surface area contributed by atoms with Crippen LogP contribution in [-0.4, -0.2) is 22.6 Å². The van der Waals surface area contributed by atoms with Gasteiger partial charge in [-0.15, -0.1) is 0 Å². The molecule has 0 N–H and O–H groups in total. The van der Waals surface area contributed by atoms with Gasteiger partial charge >= 0.3 is 0 Å². The fourth-order valence-corrected chi connectivity index (χ4v) is 4.87. The largest absolute Gasteiger partial charge is 0.274 e. The fourth-order valence-electron chi connectivity index (χ4n) is 4.87. The zero-order valence-corrected chi connectivity index (χ0v) is 11.9. The van der Waals surface area contributed by atoms with Crippen LogP contribution < -0.4 is 0 Å². The molecule has 22 heavy (non-hydrogen) atoms. The van der Waals surface area contributed by atoms with Gasteiger partial charge in [0, 0.05) is 5.56 Å². The summed E-state index contributed by atoms with van der Waals surface area (Å²) < 4.78 is 0. The highest BCUT2D eigenvalue weighted by Gasteiger charge is 2.67. The highest BCUT2D eigenvalue weighted by atomic mass is 16.2. The summed E-state index contributed by atoms with van der Waals surface area (Å²) in [7, 11) is 0. The molecule has 0 unspecified atom stereocenters. The summed E-state index contributed by atoms with van der Waals surface area (Å²) in [4.78, 5) is 39.1. The van der Waals surface area contributed by atoms with Crippen molar-refractivity contribution in [2.75, 3.05) is 0 Å². The Morgan fingerprint density at radius 3 is 2.00 bits per heavy atom. The molecule has 0 radical (unpaired) electrons. The van der Waals surface area contributed by atoms with Gasteiger partial charge in [0.15, 0.2) is 0 Å². The first-order valence-corrected chi connectivity index (χ1v) is 7.84. The van der Waals surface area contributed by atoms with E-state index in [1.807, 2.05) is 6.07 Å². The van der Waals surface area contributed by atoms with E-state index in [1.165, 1.54) is 0 Å². The van der Waals surface area contributed by atoms with Crippen LogP contribution in [0.25, 0.3) is 0 Å². The summed E-state index contributed by atoms with van der Waals surface area (Å²) in [6.07, 6.45) is 5.35. The standard InChI is InChI=1S/C18H15NO3/c20-16(9-4-2-1-3-5-9)19-17(21)14-10-6-7-11(13-8-12(10)13)15(14)18(19)22/h1-7,10-15H,8H2/t10-,11-,12-,13+,14+,15+/m0/s1. The second kappa shape index (κ2) is 3.94. The van der Waals surface area contributed by atoms with E-state index in [0.717, 1.165) is 11.3 Å². The molecule has 110 valence electrons. The molecule has 3 amide bonds. The predicted octanol–water partition coefficient (Wildman–Crippen LogP) is 1.88. The summed E-state index contributed by atoms with van der Waals surface area (Å²) in [6, 6.07) is 8.59. The van der Waals surface area contributed by atoms with Crippen molar-refractivity contribution in [1.82, 2.24) is 4.90 Å². The minimum atomic E-state index is -0.474. The van der Waals surface area contributed by atoms with Crippen LogP contribution in [0, 0.1) is 35.5 Å². The van der Waals surface area contributed by atoms with E-state index >= 15 is 0 Å². The van der Waals surface area contributed by atoms with Crippen molar-refractivity contribution in [3.63, 3.8) is 0 Å². The quantitative estimate of drug-likeness (QED) is 0.587. The average Bonchev–Trinajstić information content (AvgIpc) is 3.32. The number of hydrogen-bond acceptors (Lipinski definition) is 3. The first-order valence-electron chi connectivity index (χ1n) is 7.84. The molecule has 6 rings (SSSR count). The highest BCUT2D eigenvalue weighted by molar-refractivity contribution is 6.21. The molecule has 4 nitrogen and oxygen atoms in total. The van der Waals surface area contributed by atoms with Gasteiger partial charge in [-0.05, 0) is 42.2 Å². The van der Waals surface area contributed by atoms with Crippen molar-refractivity contribution in [3.8, 4) is 0 Å². The van der Waals surface area contributed by atoms with Crippen molar-refractivity contribution in [2.24, 2.45) is 35.5 Å². The summed E-state index contributed by atoms with van der Waals surface area (Å²) in [5.41, 5.74) is 0.397. The third kappa shape index (κ3) is 1.35. The Kier molecular flexibility index (Phi) is 2.21. The Bertz CT molecular complexity index is 702. The molecule has 1 aliphatic heterocycles. The van der Waals surface area contributed by atoms with E-state index in [9.17, 15) is 14.4 Å². The third-order valence-corrected chi connectivity index (χ3v) is 5.89. The Morgan fingerprint density at radius 2 is 1.45 bits per heavy atom. The summed E-state index contributed by atoms with van der Waals surface area (Å²) in [6.45, 7) is 0. The molecule has 4 heteroatoms. The van der Waals surface area contributed by atoms with Crippen LogP contribution in [0.2, 0.25) is 0 Å². The van der Waals surface area contributed by atoms with Crippen LogP contribution in [0.15, 0.2) is 42.5 Å². The van der Waals surface area contributed by atoms with E-state index < -0.39 is 5.91 Å². The van der Waals surface area contributed by atoms with Crippen LogP contribution in [0.3, 0.4) is 0 Å². The van der Waals surface area contributed by atoms with Crippen molar-refractivity contribution >= 4 is 17.7 Å². The molecule has 1 saturated heterocycles. The number of nitrogens with zero attached hydrogens (tertiary/aromatic N) is 1. The van der Waals surface area contributed by atoms with Crippen molar-refractivity contribution in [1.29, 1.82) is 0 Å². The number of rotatable bonds is 1. The third-order valence-electron chi connectivity index (χ3n) is 5.89. The smallest absolute Gasteiger partial charge is 0.267 e. The van der Waals surface area contributed by atoms with E-state index in [1.54, 1.807) is 24.3 Å². The molecule has 5 aliphatic rings. The monoisotopic (exact) mass is 293 g/mol. The maximum atomic E-state index is 12.8. The van der Waals surface area contributed by atoms with Crippen molar-refractivity contribution in [3.05, 3.63) is 48.0 Å². The first kappa shape index (κ1) is 12.3. The first-order chi connectivity index (χ1) is 10.7. The lowest BCUT2D eigenvalue weighted by Crippen LogP contribution is -2.40. The van der Waals surface area contributed by atoms with Gasteiger partial charge in [-0.1, -0.05) is 30.4 Å². The second-order valence-electron chi connectivity index (χ2n) is 6.84. The Hall–Kier alpha value is -2.23. The summed E-state index contributed by atoms with van der Waals surface area (Å²) in [5, 5.41) is 0. The predicted molar refractivity (Wildman–Crippen MR) is 77.3 cm³/mol. The van der Waals surface area contributed by atoms with Crippen molar-refractivity contribution in [2.45, 2.75) is 6.42 Å². The second-order valence-corrected chi connectivity index (χ2v) is 6.84. The Morgan fingerprint density at radius 1 is 0.909 bits per heavy atom. The number of hydrogen-bond donors (Lipinski definition) is 0. The van der Waals surface area contributed by atoms with E-state index in [0.29, 0.717) is 17.4 Å². The molecular weight excluding hydrogens is 278 g/mol. The number of carbonyl (C=O) groups is 3. The molecule has 1 aromatic carbocycles. The van der Waals surface area contributed by atoms with Gasteiger partial charge in [0.05, 0.1) is 11.8 Å². The van der Waals surface area contributed by atoms with Crippen LogP contribution in [0.1, 0.15) is 16.8 Å². The van der Waals surface area contributed by atoms with Crippen LogP contribution in [0.4, 0.5) is 0 Å². The Labute approximate surface area is 127 Å². The normalized spacial score (nSPS) is 40.6. The molecule has 0 spiro atoms. The van der Waals surface area contributed by atoms with E-state index in [2.05, 4.69) is 12.2 Å². The highest BCUT2D eigenvalue weighted by Crippen LogP contribution is 2.65. The lowest BCUT2D eigenvalue weighted by atomic mass is 9.63. The summed E-state index contributed by atoms with van der Waals surface area (Å²) >= 11 is 0. The van der Waals surface area contributed by atoms with Gasteiger partial charge in [-0.3, -0.25) is 14.4 Å². The maximum Gasteiger partial charge on any atom is 0.267 e. The van der Waals surface area contributed by atoms with Gasteiger partial charge in [0.25, 0.3) is 5.91 Å². The molecule has 3 fully saturated rings. The molecule has 0 aromatic heterocycles. The number of imide groups is 3. The lowest BCUT2D eigenvalue weighted by molar-refractivity contribution is -0.136. The van der Waals surface area contributed by atoms with E-state index in [4.69, 9.17) is 0 Å². The van der Waals surface area contributed by atoms with Gasteiger partial charge < -0.3 is 0 Å². The zero-order chi connectivity index (χ0) is 15.0. The number of benzene rings is 1. The van der Waals surface area contributed by atoms with Crippen LogP contribution in [0.5, 0.6) is 0 Å². The average molecular weight is 293 g/mol. The molecule has 2 saturated carbocycles. The topological polar surface area (TPSA) is 54.5 Å². The van der Waals surface area contributed by atoms with Crippen LogP contribution >= 0.6 is 0 Å². The maximum absolute atomic E-state index is 12.8. The van der Waals surface area contributed by atoms with Crippen molar-refractivity contribution < 1.29 is 14.4 Å². The van der Waals surface area contributed by atoms with Gasteiger partial charge in [-0.2, -0.15) is 0 Å². The molecule has 1 aromatic rings. The SMILES string of the molecule is O=C(c1ccccc1)N1C(=O)[C@@H]2[C@H]3C=C[C@@H]([C@@H]4C[C@H]34)[C@H]2C1=O. The molecule has 1 heterocycles. The molecular formula is C18H15NO3. The van der Waals surface area contributed by atoms with E-state index in [-0.39, 0.29) is 35.5 Å². The number of likely N-dealkylation sites (tertiary alicyclic amines) is 1. The molecule has 4 aliphatic carbocycles. The van der Waals surface area contributed by atoms with Gasteiger partial charge in [-0.25, -0.2) is 4.90 Å². The number of allylic oxidation sites excluding steroid dienone is 2. The summed E-state index contributed by atoms with van der Waals surface area (Å²) in [5.74, 6) is -0.229. The number of carbonyl (C=O) groups excluding carboxylic acids is 3. The minimum absolute atomic E-state index is 0.157. The number of amides is 3. The fraction of sp³-hybridized carbons (Fsp3) is 0.389. The van der Waals surface area contributed by atoms with Gasteiger partial charge in [0.2, 0.25) is 11.8 Å². The minimum Gasteiger partial charge on any atom is -0.274 e. The molecule has 2 bridgehead atoms. The van der Waals surface area contributed by atoms with Crippen LogP contribution in [-0.2, 0) is 9.59 Å². The molecule has 6 atom stereocenters. The zero-order valence-electron chi connectivity index (χ0n) is 11.9.